The molecule has 2 N–H and O–H groups in total. The molecule has 0 saturated heterocycles. The van der Waals surface area contributed by atoms with Crippen LogP contribution in [-0.4, -0.2) is 17.0 Å². The highest BCUT2D eigenvalue weighted by Crippen LogP contribution is 2.16. The largest absolute Gasteiger partial charge is 0.478 e. The number of benzene rings is 3. The van der Waals surface area contributed by atoms with Crippen LogP contribution in [0.2, 0.25) is 0 Å². The third kappa shape index (κ3) is 4.12. The van der Waals surface area contributed by atoms with Crippen molar-refractivity contribution >= 4 is 17.6 Å². The minimum Gasteiger partial charge on any atom is -0.478 e. The number of amides is 1. The van der Waals surface area contributed by atoms with Gasteiger partial charge < -0.3 is 10.4 Å². The Morgan fingerprint density at radius 3 is 1.92 bits per heavy atom. The number of carboxylic acid groups (broad SMARTS) is 1. The lowest BCUT2D eigenvalue weighted by Gasteiger charge is -2.09. The van der Waals surface area contributed by atoms with Crippen molar-refractivity contribution in [2.24, 2.45) is 0 Å². The van der Waals surface area contributed by atoms with Crippen LogP contribution in [0.15, 0.2) is 78.9 Å². The molecule has 3 rings (SSSR count). The van der Waals surface area contributed by atoms with Crippen LogP contribution in [-0.2, 0) is 6.42 Å². The molecule has 0 aliphatic carbocycles. The number of rotatable bonds is 5. The molecule has 4 nitrogen and oxygen atoms in total. The van der Waals surface area contributed by atoms with E-state index in [0.717, 1.165) is 12.0 Å². The van der Waals surface area contributed by atoms with Crippen molar-refractivity contribution in [3.63, 3.8) is 0 Å². The summed E-state index contributed by atoms with van der Waals surface area (Å²) in [5, 5.41) is 11.9. The number of anilines is 1. The van der Waals surface area contributed by atoms with E-state index in [2.05, 4.69) is 17.4 Å². The standard InChI is InChI=1S/C21H17NO3/c23-20(18-8-4-5-9-19(18)21(24)25)22-17-12-10-16(11-13-17)14-15-6-2-1-3-7-15/h1-13H,14H2,(H,22,23)(H,24,25). The summed E-state index contributed by atoms with van der Waals surface area (Å²) in [5.74, 6) is -1.56. The molecule has 0 atom stereocenters. The number of carbonyl (C=O) groups is 2. The first kappa shape index (κ1) is 16.5. The Labute approximate surface area is 145 Å². The highest BCUT2D eigenvalue weighted by atomic mass is 16.4. The maximum Gasteiger partial charge on any atom is 0.336 e. The maximum atomic E-state index is 12.3. The zero-order valence-electron chi connectivity index (χ0n) is 13.5. The summed E-state index contributed by atoms with van der Waals surface area (Å²) in [6.07, 6.45) is 0.816. The summed E-state index contributed by atoms with van der Waals surface area (Å²) in [7, 11) is 0. The Morgan fingerprint density at radius 2 is 1.28 bits per heavy atom. The molecule has 0 unspecified atom stereocenters. The van der Waals surface area contributed by atoms with E-state index in [9.17, 15) is 14.7 Å². The molecule has 0 aromatic heterocycles. The number of hydrogen-bond acceptors (Lipinski definition) is 2. The van der Waals surface area contributed by atoms with Gasteiger partial charge in [0.1, 0.15) is 0 Å². The summed E-state index contributed by atoms with van der Waals surface area (Å²) in [4.78, 5) is 23.6. The number of aromatic carboxylic acids is 1. The van der Waals surface area contributed by atoms with Gasteiger partial charge >= 0.3 is 5.97 Å². The number of hydrogen-bond donors (Lipinski definition) is 2. The lowest BCUT2D eigenvalue weighted by atomic mass is 10.0. The van der Waals surface area contributed by atoms with Gasteiger partial charge in [0.2, 0.25) is 0 Å². The van der Waals surface area contributed by atoms with E-state index in [1.807, 2.05) is 42.5 Å². The zero-order valence-corrected chi connectivity index (χ0v) is 13.5. The Morgan fingerprint density at radius 1 is 0.720 bits per heavy atom. The van der Waals surface area contributed by atoms with Gasteiger partial charge in [-0.15, -0.1) is 0 Å². The topological polar surface area (TPSA) is 66.4 Å². The van der Waals surface area contributed by atoms with Gasteiger partial charge in [-0.25, -0.2) is 4.79 Å². The fraction of sp³-hybridized carbons (Fsp3) is 0.0476. The van der Waals surface area contributed by atoms with Crippen LogP contribution < -0.4 is 5.32 Å². The van der Waals surface area contributed by atoms with Crippen molar-refractivity contribution in [3.8, 4) is 0 Å². The quantitative estimate of drug-likeness (QED) is 0.735. The number of carbonyl (C=O) groups excluding carboxylic acids is 1. The van der Waals surface area contributed by atoms with Gasteiger partial charge in [-0.1, -0.05) is 54.6 Å². The van der Waals surface area contributed by atoms with Crippen molar-refractivity contribution in [1.29, 1.82) is 0 Å². The summed E-state index contributed by atoms with van der Waals surface area (Å²) < 4.78 is 0. The fourth-order valence-electron chi connectivity index (χ4n) is 2.60. The van der Waals surface area contributed by atoms with Gasteiger partial charge in [0.15, 0.2) is 0 Å². The van der Waals surface area contributed by atoms with Crippen molar-refractivity contribution in [2.75, 3.05) is 5.32 Å². The van der Waals surface area contributed by atoms with Crippen LogP contribution in [0.25, 0.3) is 0 Å². The lowest BCUT2D eigenvalue weighted by Crippen LogP contribution is -2.16. The first-order valence-corrected chi connectivity index (χ1v) is 7.90. The Balaban J connectivity index is 1.71. The maximum absolute atomic E-state index is 12.3. The van der Waals surface area contributed by atoms with Crippen LogP contribution >= 0.6 is 0 Å². The first-order chi connectivity index (χ1) is 12.1. The second-order valence-electron chi connectivity index (χ2n) is 5.66. The Kier molecular flexibility index (Phi) is 4.90. The zero-order chi connectivity index (χ0) is 17.6. The number of carboxylic acids is 1. The highest BCUT2D eigenvalue weighted by Gasteiger charge is 2.15. The summed E-state index contributed by atoms with van der Waals surface area (Å²) >= 11 is 0. The van der Waals surface area contributed by atoms with Crippen LogP contribution in [0.4, 0.5) is 5.69 Å². The molecule has 4 heteroatoms. The van der Waals surface area contributed by atoms with Crippen molar-refractivity contribution in [2.45, 2.75) is 6.42 Å². The summed E-state index contributed by atoms with van der Waals surface area (Å²) in [5.41, 5.74) is 3.11. The highest BCUT2D eigenvalue weighted by molar-refractivity contribution is 6.10. The first-order valence-electron chi connectivity index (χ1n) is 7.90. The molecule has 0 saturated carbocycles. The Hall–Kier alpha value is -3.40. The molecule has 0 fully saturated rings. The van der Waals surface area contributed by atoms with E-state index >= 15 is 0 Å². The molecule has 3 aromatic rings. The molecular formula is C21H17NO3. The molecule has 3 aromatic carbocycles. The average molecular weight is 331 g/mol. The second-order valence-corrected chi connectivity index (χ2v) is 5.66. The minimum atomic E-state index is -1.12. The third-order valence-corrected chi connectivity index (χ3v) is 3.86. The molecule has 0 spiro atoms. The van der Waals surface area contributed by atoms with E-state index in [-0.39, 0.29) is 11.1 Å². The average Bonchev–Trinajstić information content (AvgIpc) is 2.64. The van der Waals surface area contributed by atoms with E-state index in [0.29, 0.717) is 5.69 Å². The molecule has 25 heavy (non-hydrogen) atoms. The van der Waals surface area contributed by atoms with E-state index < -0.39 is 11.9 Å². The van der Waals surface area contributed by atoms with E-state index in [1.54, 1.807) is 12.1 Å². The van der Waals surface area contributed by atoms with Gasteiger partial charge in [-0.05, 0) is 41.8 Å². The number of nitrogens with one attached hydrogen (secondary N) is 1. The van der Waals surface area contributed by atoms with E-state index in [4.69, 9.17) is 0 Å². The molecule has 0 radical (unpaired) electrons. The van der Waals surface area contributed by atoms with Crippen LogP contribution in [0.5, 0.6) is 0 Å². The molecule has 124 valence electrons. The van der Waals surface area contributed by atoms with Gasteiger partial charge in [0.25, 0.3) is 5.91 Å². The smallest absolute Gasteiger partial charge is 0.336 e. The summed E-state index contributed by atoms with van der Waals surface area (Å²) in [6, 6.07) is 23.8. The predicted molar refractivity (Wildman–Crippen MR) is 97.0 cm³/mol. The third-order valence-electron chi connectivity index (χ3n) is 3.86. The lowest BCUT2D eigenvalue weighted by molar-refractivity contribution is 0.0692. The Bertz CT molecular complexity index is 887. The van der Waals surface area contributed by atoms with E-state index in [1.165, 1.54) is 17.7 Å². The van der Waals surface area contributed by atoms with Crippen LogP contribution in [0.3, 0.4) is 0 Å². The van der Waals surface area contributed by atoms with Gasteiger partial charge in [-0.2, -0.15) is 0 Å². The molecular weight excluding hydrogens is 314 g/mol. The fourth-order valence-corrected chi connectivity index (χ4v) is 2.60. The monoisotopic (exact) mass is 331 g/mol. The van der Waals surface area contributed by atoms with Gasteiger partial charge in [0.05, 0.1) is 11.1 Å². The van der Waals surface area contributed by atoms with Crippen LogP contribution in [0.1, 0.15) is 31.8 Å². The van der Waals surface area contributed by atoms with Crippen molar-refractivity contribution in [1.82, 2.24) is 0 Å². The molecule has 0 aliphatic heterocycles. The van der Waals surface area contributed by atoms with Crippen LogP contribution in [0, 0.1) is 0 Å². The van der Waals surface area contributed by atoms with Gasteiger partial charge in [-0.3, -0.25) is 4.79 Å². The van der Waals surface area contributed by atoms with Crippen molar-refractivity contribution in [3.05, 3.63) is 101 Å². The minimum absolute atomic E-state index is 0.0132. The second kappa shape index (κ2) is 7.45. The predicted octanol–water partition coefficient (Wildman–Crippen LogP) is 4.23. The SMILES string of the molecule is O=C(O)c1ccccc1C(=O)Nc1ccc(Cc2ccccc2)cc1. The van der Waals surface area contributed by atoms with Gasteiger partial charge in [0, 0.05) is 5.69 Å². The normalized spacial score (nSPS) is 10.2. The molecule has 0 heterocycles. The van der Waals surface area contributed by atoms with Crippen molar-refractivity contribution < 1.29 is 14.7 Å². The summed E-state index contributed by atoms with van der Waals surface area (Å²) in [6.45, 7) is 0. The molecule has 0 bridgehead atoms. The molecule has 1 amide bonds. The molecule has 0 aliphatic rings.